The average Bonchev–Trinajstić information content (AvgIpc) is 3.01. The zero-order chi connectivity index (χ0) is 17.2. The smallest absolute Gasteiger partial charge is 0.235 e. The first-order chi connectivity index (χ1) is 11.4. The molecule has 0 aliphatic heterocycles. The Morgan fingerprint density at radius 1 is 1.00 bits per heavy atom. The molecule has 126 valence electrons. The van der Waals surface area contributed by atoms with Gasteiger partial charge in [-0.1, -0.05) is 12.1 Å². The first-order valence-corrected chi connectivity index (χ1v) is 10.2. The third-order valence-corrected chi connectivity index (χ3v) is 6.44. The molecule has 1 heterocycles. The van der Waals surface area contributed by atoms with E-state index in [1.54, 1.807) is 37.3 Å². The van der Waals surface area contributed by atoms with E-state index in [4.69, 9.17) is 0 Å². The van der Waals surface area contributed by atoms with E-state index in [-0.39, 0.29) is 0 Å². The van der Waals surface area contributed by atoms with Gasteiger partial charge in [0.25, 0.3) is 0 Å². The Morgan fingerprint density at radius 3 is 2.42 bits per heavy atom. The molecule has 0 spiro atoms. The molecule has 2 N–H and O–H groups in total. The second-order valence-electron chi connectivity index (χ2n) is 5.92. The van der Waals surface area contributed by atoms with Crippen LogP contribution in [0.25, 0.3) is 10.1 Å². The van der Waals surface area contributed by atoms with Crippen LogP contribution in [-0.4, -0.2) is 13.7 Å². The van der Waals surface area contributed by atoms with Crippen LogP contribution in [0.3, 0.4) is 0 Å². The minimum atomic E-state index is -3.30. The third-order valence-electron chi connectivity index (χ3n) is 3.78. The number of fused-ring (bicyclic) bond motifs is 1. The van der Waals surface area contributed by atoms with E-state index in [1.807, 2.05) is 12.1 Å². The van der Waals surface area contributed by atoms with Gasteiger partial charge < -0.3 is 5.32 Å². The summed E-state index contributed by atoms with van der Waals surface area (Å²) in [4.78, 5) is 0. The van der Waals surface area contributed by atoms with Crippen LogP contribution < -0.4 is 10.0 Å². The Morgan fingerprint density at radius 2 is 1.71 bits per heavy atom. The number of sulfonamides is 1. The second kappa shape index (κ2) is 6.83. The summed E-state index contributed by atoms with van der Waals surface area (Å²) in [6, 6.07) is 15.9. The van der Waals surface area contributed by atoms with Gasteiger partial charge in [-0.05, 0) is 66.6 Å². The predicted molar refractivity (Wildman–Crippen MR) is 103 cm³/mol. The fourth-order valence-electron chi connectivity index (χ4n) is 2.25. The van der Waals surface area contributed by atoms with Crippen molar-refractivity contribution in [2.45, 2.75) is 25.6 Å². The van der Waals surface area contributed by atoms with Gasteiger partial charge in [-0.3, -0.25) is 4.72 Å². The summed E-state index contributed by atoms with van der Waals surface area (Å²) in [6.45, 7) is 4.00. The monoisotopic (exact) mass is 360 g/mol. The van der Waals surface area contributed by atoms with Crippen molar-refractivity contribution in [2.75, 3.05) is 10.0 Å². The van der Waals surface area contributed by atoms with E-state index >= 15 is 0 Å². The van der Waals surface area contributed by atoms with Gasteiger partial charge in [0.05, 0.1) is 5.25 Å². The summed E-state index contributed by atoms with van der Waals surface area (Å²) in [6.07, 6.45) is 0. The molecule has 4 nitrogen and oxygen atoms in total. The quantitative estimate of drug-likeness (QED) is 0.672. The van der Waals surface area contributed by atoms with Crippen molar-refractivity contribution in [1.29, 1.82) is 0 Å². The summed E-state index contributed by atoms with van der Waals surface area (Å²) in [5, 5.41) is 6.27. The molecule has 0 saturated heterocycles. The molecule has 3 aromatic rings. The number of thiophene rings is 1. The molecule has 1 aromatic heterocycles. The van der Waals surface area contributed by atoms with Gasteiger partial charge in [0.15, 0.2) is 0 Å². The van der Waals surface area contributed by atoms with Crippen molar-refractivity contribution in [2.24, 2.45) is 0 Å². The first kappa shape index (κ1) is 16.8. The molecule has 3 rings (SSSR count). The Bertz CT molecular complexity index is 929. The lowest BCUT2D eigenvalue weighted by atomic mass is 10.2. The molecular weight excluding hydrogens is 340 g/mol. The lowest BCUT2D eigenvalue weighted by Crippen LogP contribution is -2.22. The highest BCUT2D eigenvalue weighted by Crippen LogP contribution is 2.24. The SMILES string of the molecule is CC(C)S(=O)(=O)Nc1ccc(CNc2ccc3sccc3c2)cc1. The first-order valence-electron chi connectivity index (χ1n) is 7.76. The number of hydrogen-bond donors (Lipinski definition) is 2. The lowest BCUT2D eigenvalue weighted by Gasteiger charge is -2.11. The van der Waals surface area contributed by atoms with E-state index in [2.05, 4.69) is 39.7 Å². The molecule has 0 bridgehead atoms. The van der Waals surface area contributed by atoms with Crippen molar-refractivity contribution in [3.05, 3.63) is 59.5 Å². The maximum absolute atomic E-state index is 11.9. The van der Waals surface area contributed by atoms with Crippen LogP contribution in [0.2, 0.25) is 0 Å². The van der Waals surface area contributed by atoms with Crippen LogP contribution in [0, 0.1) is 0 Å². The molecule has 2 aromatic carbocycles. The molecule has 24 heavy (non-hydrogen) atoms. The molecule has 0 amide bonds. The Labute approximate surface area is 146 Å². The minimum absolute atomic E-state index is 0.453. The van der Waals surface area contributed by atoms with Crippen LogP contribution in [0.15, 0.2) is 53.9 Å². The van der Waals surface area contributed by atoms with Crippen molar-refractivity contribution in [1.82, 2.24) is 0 Å². The van der Waals surface area contributed by atoms with Gasteiger partial charge in [0, 0.05) is 22.6 Å². The number of benzene rings is 2. The summed E-state index contributed by atoms with van der Waals surface area (Å²) in [5.41, 5.74) is 2.76. The van der Waals surface area contributed by atoms with Crippen molar-refractivity contribution >= 4 is 42.8 Å². The van der Waals surface area contributed by atoms with Crippen LogP contribution in [0.1, 0.15) is 19.4 Å². The summed E-state index contributed by atoms with van der Waals surface area (Å²) in [5.74, 6) is 0. The lowest BCUT2D eigenvalue weighted by molar-refractivity contribution is 0.593. The van der Waals surface area contributed by atoms with Gasteiger partial charge in [0.2, 0.25) is 10.0 Å². The number of rotatable bonds is 6. The largest absolute Gasteiger partial charge is 0.381 e. The standard InChI is InChI=1S/C18H20N2O2S2/c1-13(2)24(21,22)20-16-5-3-14(4-6-16)12-19-17-7-8-18-15(11-17)9-10-23-18/h3-11,13,19-20H,12H2,1-2H3. The fraction of sp³-hybridized carbons (Fsp3) is 0.222. The number of nitrogens with one attached hydrogen (secondary N) is 2. The summed E-state index contributed by atoms with van der Waals surface area (Å²) >= 11 is 1.73. The molecule has 0 aliphatic carbocycles. The normalized spacial score (nSPS) is 11.8. The topological polar surface area (TPSA) is 58.2 Å². The minimum Gasteiger partial charge on any atom is -0.381 e. The van der Waals surface area contributed by atoms with E-state index < -0.39 is 15.3 Å². The maximum atomic E-state index is 11.9. The zero-order valence-corrected chi connectivity index (χ0v) is 15.2. The maximum Gasteiger partial charge on any atom is 0.235 e. The summed E-state index contributed by atoms with van der Waals surface area (Å²) in [7, 11) is -3.30. The highest BCUT2D eigenvalue weighted by atomic mass is 32.2. The van der Waals surface area contributed by atoms with Crippen molar-refractivity contribution < 1.29 is 8.42 Å². The third kappa shape index (κ3) is 3.88. The van der Waals surface area contributed by atoms with Gasteiger partial charge in [0.1, 0.15) is 0 Å². The molecular formula is C18H20N2O2S2. The van der Waals surface area contributed by atoms with E-state index in [0.717, 1.165) is 11.3 Å². The van der Waals surface area contributed by atoms with Crippen molar-refractivity contribution in [3.8, 4) is 0 Å². The molecule has 0 saturated carbocycles. The number of hydrogen-bond acceptors (Lipinski definition) is 4. The van der Waals surface area contributed by atoms with Gasteiger partial charge in [-0.2, -0.15) is 0 Å². The molecule has 0 radical (unpaired) electrons. The van der Waals surface area contributed by atoms with Gasteiger partial charge >= 0.3 is 0 Å². The Kier molecular flexibility index (Phi) is 4.78. The highest BCUT2D eigenvalue weighted by molar-refractivity contribution is 7.93. The predicted octanol–water partition coefficient (Wildman–Crippen LogP) is 4.66. The molecule has 0 fully saturated rings. The zero-order valence-electron chi connectivity index (χ0n) is 13.6. The van der Waals surface area contributed by atoms with E-state index in [0.29, 0.717) is 12.2 Å². The molecule has 0 aliphatic rings. The fourth-order valence-corrected chi connectivity index (χ4v) is 3.72. The van der Waals surface area contributed by atoms with Gasteiger partial charge in [-0.15, -0.1) is 11.3 Å². The van der Waals surface area contributed by atoms with Crippen LogP contribution in [-0.2, 0) is 16.6 Å². The van der Waals surface area contributed by atoms with Crippen molar-refractivity contribution in [3.63, 3.8) is 0 Å². The average molecular weight is 361 g/mol. The van der Waals surface area contributed by atoms with Crippen LogP contribution in [0.4, 0.5) is 11.4 Å². The Hall–Kier alpha value is -2.05. The van der Waals surface area contributed by atoms with E-state index in [9.17, 15) is 8.42 Å². The summed E-state index contributed by atoms with van der Waals surface area (Å²) < 4.78 is 27.6. The van der Waals surface area contributed by atoms with Crippen LogP contribution >= 0.6 is 11.3 Å². The highest BCUT2D eigenvalue weighted by Gasteiger charge is 2.15. The number of anilines is 2. The van der Waals surface area contributed by atoms with Crippen LogP contribution in [0.5, 0.6) is 0 Å². The second-order valence-corrected chi connectivity index (χ2v) is 9.10. The Balaban J connectivity index is 1.63. The molecule has 0 unspecified atom stereocenters. The van der Waals surface area contributed by atoms with E-state index in [1.165, 1.54) is 10.1 Å². The molecule has 6 heteroatoms. The molecule has 0 atom stereocenters. The van der Waals surface area contributed by atoms with Gasteiger partial charge in [-0.25, -0.2) is 8.42 Å².